The fourth-order valence-corrected chi connectivity index (χ4v) is 2.77. The van der Waals surface area contributed by atoms with Crippen LogP contribution in [0.1, 0.15) is 5.69 Å². The monoisotopic (exact) mass is 288 g/mol. The van der Waals surface area contributed by atoms with Gasteiger partial charge in [-0.1, -0.05) is 0 Å². The molecule has 1 aromatic rings. The first-order valence-electron chi connectivity index (χ1n) is 6.94. The zero-order valence-electron chi connectivity index (χ0n) is 11.5. The molecular formula is C13H16N6O2. The highest BCUT2D eigenvalue weighted by Crippen LogP contribution is 2.25. The zero-order chi connectivity index (χ0) is 14.8. The van der Waals surface area contributed by atoms with E-state index < -0.39 is 4.92 Å². The third-order valence-corrected chi connectivity index (χ3v) is 4.02. The molecule has 0 spiro atoms. The summed E-state index contributed by atoms with van der Waals surface area (Å²) in [4.78, 5) is 18.8. The summed E-state index contributed by atoms with van der Waals surface area (Å²) in [5, 5.41) is 23.1. The van der Waals surface area contributed by atoms with E-state index >= 15 is 0 Å². The van der Waals surface area contributed by atoms with Crippen molar-refractivity contribution < 1.29 is 4.92 Å². The summed E-state index contributed by atoms with van der Waals surface area (Å²) in [6.45, 7) is 5.85. The largest absolute Gasteiger partial charge is 0.353 e. The van der Waals surface area contributed by atoms with E-state index in [1.54, 1.807) is 12.1 Å². The van der Waals surface area contributed by atoms with Crippen molar-refractivity contribution in [1.82, 2.24) is 15.2 Å². The van der Waals surface area contributed by atoms with Crippen LogP contribution in [-0.2, 0) is 0 Å². The first-order chi connectivity index (χ1) is 10.2. The summed E-state index contributed by atoms with van der Waals surface area (Å²) in [6, 6.07) is 5.28. The Hall–Kier alpha value is -2.24. The third kappa shape index (κ3) is 2.66. The number of nitriles is 1. The van der Waals surface area contributed by atoms with Crippen molar-refractivity contribution in [2.24, 2.45) is 0 Å². The van der Waals surface area contributed by atoms with E-state index in [2.05, 4.69) is 20.1 Å². The predicted octanol–water partition coefficient (Wildman–Crippen LogP) is -0.0447. The average Bonchev–Trinajstić information content (AvgIpc) is 2.46. The molecule has 1 aromatic heterocycles. The SMILES string of the molecule is N#Cc1nc(N2CC(N3CCNCC3)C2)ccc1[N+](=O)[O-]. The molecule has 0 saturated carbocycles. The number of hydrogen-bond acceptors (Lipinski definition) is 7. The maximum Gasteiger partial charge on any atom is 0.305 e. The number of nitrogens with one attached hydrogen (secondary N) is 1. The molecule has 8 nitrogen and oxygen atoms in total. The summed E-state index contributed by atoms with van der Waals surface area (Å²) in [6.07, 6.45) is 0. The molecule has 8 heteroatoms. The highest BCUT2D eigenvalue weighted by molar-refractivity contribution is 5.53. The van der Waals surface area contributed by atoms with Crippen LogP contribution in [0, 0.1) is 21.4 Å². The lowest BCUT2D eigenvalue weighted by Crippen LogP contribution is -2.63. The van der Waals surface area contributed by atoms with Crippen molar-refractivity contribution >= 4 is 11.5 Å². The van der Waals surface area contributed by atoms with Crippen LogP contribution < -0.4 is 10.2 Å². The number of nitrogens with zero attached hydrogens (tertiary/aromatic N) is 5. The Kier molecular flexibility index (Phi) is 3.68. The Morgan fingerprint density at radius 1 is 1.38 bits per heavy atom. The number of hydrogen-bond donors (Lipinski definition) is 1. The minimum atomic E-state index is -0.574. The van der Waals surface area contributed by atoms with E-state index in [9.17, 15) is 10.1 Å². The molecule has 110 valence electrons. The van der Waals surface area contributed by atoms with E-state index in [1.165, 1.54) is 6.07 Å². The van der Waals surface area contributed by atoms with Crippen LogP contribution in [0.5, 0.6) is 0 Å². The molecule has 21 heavy (non-hydrogen) atoms. The quantitative estimate of drug-likeness (QED) is 0.615. The molecule has 2 saturated heterocycles. The van der Waals surface area contributed by atoms with Gasteiger partial charge in [0.05, 0.1) is 4.92 Å². The van der Waals surface area contributed by atoms with Crippen LogP contribution in [0.3, 0.4) is 0 Å². The van der Waals surface area contributed by atoms with Crippen LogP contribution in [0.25, 0.3) is 0 Å². The lowest BCUT2D eigenvalue weighted by molar-refractivity contribution is -0.385. The molecule has 3 rings (SSSR count). The van der Waals surface area contributed by atoms with Gasteiger partial charge in [0.25, 0.3) is 0 Å². The summed E-state index contributed by atoms with van der Waals surface area (Å²) in [7, 11) is 0. The van der Waals surface area contributed by atoms with Crippen molar-refractivity contribution in [2.75, 3.05) is 44.2 Å². The van der Waals surface area contributed by atoms with Crippen molar-refractivity contribution in [3.63, 3.8) is 0 Å². The molecule has 3 heterocycles. The van der Waals surface area contributed by atoms with E-state index in [0.717, 1.165) is 39.3 Å². The highest BCUT2D eigenvalue weighted by atomic mass is 16.6. The lowest BCUT2D eigenvalue weighted by atomic mass is 10.1. The van der Waals surface area contributed by atoms with Gasteiger partial charge in [-0.2, -0.15) is 5.26 Å². The van der Waals surface area contributed by atoms with Gasteiger partial charge >= 0.3 is 5.69 Å². The Morgan fingerprint density at radius 3 is 2.71 bits per heavy atom. The van der Waals surface area contributed by atoms with Gasteiger partial charge < -0.3 is 10.2 Å². The average molecular weight is 288 g/mol. The zero-order valence-corrected chi connectivity index (χ0v) is 11.5. The molecule has 2 aliphatic rings. The second-order valence-corrected chi connectivity index (χ2v) is 5.25. The predicted molar refractivity (Wildman–Crippen MR) is 76.1 cm³/mol. The van der Waals surface area contributed by atoms with E-state index in [-0.39, 0.29) is 11.4 Å². The molecule has 2 fully saturated rings. The maximum atomic E-state index is 10.8. The van der Waals surface area contributed by atoms with Gasteiger partial charge in [0.2, 0.25) is 5.69 Å². The van der Waals surface area contributed by atoms with Gasteiger partial charge in [0, 0.05) is 51.4 Å². The summed E-state index contributed by atoms with van der Waals surface area (Å²) in [5.41, 5.74) is -0.358. The highest BCUT2D eigenvalue weighted by Gasteiger charge is 2.33. The van der Waals surface area contributed by atoms with Crippen LogP contribution in [0.2, 0.25) is 0 Å². The second-order valence-electron chi connectivity index (χ2n) is 5.25. The second kappa shape index (κ2) is 5.63. The minimum absolute atomic E-state index is 0.122. The maximum absolute atomic E-state index is 10.8. The van der Waals surface area contributed by atoms with Crippen molar-refractivity contribution in [2.45, 2.75) is 6.04 Å². The van der Waals surface area contributed by atoms with Crippen molar-refractivity contribution in [1.29, 1.82) is 5.26 Å². The van der Waals surface area contributed by atoms with Crippen molar-refractivity contribution in [3.8, 4) is 6.07 Å². The molecule has 0 aliphatic carbocycles. The fourth-order valence-electron chi connectivity index (χ4n) is 2.77. The fraction of sp³-hybridized carbons (Fsp3) is 0.538. The molecular weight excluding hydrogens is 272 g/mol. The minimum Gasteiger partial charge on any atom is -0.353 e. The standard InChI is InChI=1S/C13H16N6O2/c14-7-11-12(19(20)21)1-2-13(16-11)18-8-10(9-18)17-5-3-15-4-6-17/h1-2,10,15H,3-6,8-9H2. The Bertz CT molecular complexity index is 587. The number of nitro groups is 1. The number of aromatic nitrogens is 1. The molecule has 0 bridgehead atoms. The van der Waals surface area contributed by atoms with Gasteiger partial charge in [-0.25, -0.2) is 4.98 Å². The topological polar surface area (TPSA) is 98.3 Å². The molecule has 1 N–H and O–H groups in total. The van der Waals surface area contributed by atoms with Crippen LogP contribution in [0.15, 0.2) is 12.1 Å². The summed E-state index contributed by atoms with van der Waals surface area (Å²) >= 11 is 0. The molecule has 0 radical (unpaired) electrons. The first-order valence-corrected chi connectivity index (χ1v) is 6.94. The van der Waals surface area contributed by atoms with E-state index in [4.69, 9.17) is 5.26 Å². The van der Waals surface area contributed by atoms with E-state index in [1.807, 2.05) is 0 Å². The van der Waals surface area contributed by atoms with Crippen LogP contribution in [0.4, 0.5) is 11.5 Å². The number of anilines is 1. The number of piperazine rings is 1. The number of pyridine rings is 1. The Morgan fingerprint density at radius 2 is 2.10 bits per heavy atom. The summed E-state index contributed by atoms with van der Waals surface area (Å²) in [5.74, 6) is 0.642. The smallest absolute Gasteiger partial charge is 0.305 e. The third-order valence-electron chi connectivity index (χ3n) is 4.02. The number of rotatable bonds is 3. The first kappa shape index (κ1) is 13.7. The van der Waals surface area contributed by atoms with Gasteiger partial charge in [-0.3, -0.25) is 15.0 Å². The van der Waals surface area contributed by atoms with Gasteiger partial charge in [0.15, 0.2) is 0 Å². The molecule has 0 atom stereocenters. The molecule has 0 unspecified atom stereocenters. The Labute approximate surface area is 122 Å². The summed E-state index contributed by atoms with van der Waals surface area (Å²) < 4.78 is 0. The normalized spacial score (nSPS) is 19.9. The van der Waals surface area contributed by atoms with Gasteiger partial charge in [0.1, 0.15) is 11.9 Å². The van der Waals surface area contributed by atoms with Gasteiger partial charge in [-0.05, 0) is 6.07 Å². The molecule has 2 aliphatic heterocycles. The molecule has 0 aromatic carbocycles. The van der Waals surface area contributed by atoms with E-state index in [0.29, 0.717) is 11.9 Å². The van der Waals surface area contributed by atoms with Crippen molar-refractivity contribution in [3.05, 3.63) is 27.9 Å². The Balaban J connectivity index is 1.67. The molecule has 0 amide bonds. The van der Waals surface area contributed by atoms with Crippen LogP contribution in [-0.4, -0.2) is 60.1 Å². The lowest BCUT2D eigenvalue weighted by Gasteiger charge is -2.47. The van der Waals surface area contributed by atoms with Gasteiger partial charge in [-0.15, -0.1) is 0 Å². The van der Waals surface area contributed by atoms with Crippen LogP contribution >= 0.6 is 0 Å².